The van der Waals surface area contributed by atoms with E-state index in [9.17, 15) is 0 Å². The molecule has 0 unspecified atom stereocenters. The molecule has 0 bridgehead atoms. The highest BCUT2D eigenvalue weighted by molar-refractivity contribution is 5.39. The first kappa shape index (κ1) is 11.9. The number of ether oxygens (including phenoxy) is 2. The van der Waals surface area contributed by atoms with E-state index in [1.54, 1.807) is 0 Å². The minimum absolute atomic E-state index is 0.663. The largest absolute Gasteiger partial charge is 0.494 e. The molecule has 0 aliphatic heterocycles. The van der Waals surface area contributed by atoms with Crippen LogP contribution in [0.15, 0.2) is 18.2 Å². The van der Waals surface area contributed by atoms with Crippen molar-refractivity contribution in [3.05, 3.63) is 23.8 Å². The highest BCUT2D eigenvalue weighted by atomic mass is 16.5. The van der Waals surface area contributed by atoms with Gasteiger partial charge in [0, 0.05) is 0 Å². The third-order valence-electron chi connectivity index (χ3n) is 2.06. The van der Waals surface area contributed by atoms with Gasteiger partial charge in [0.05, 0.1) is 13.2 Å². The number of aryl methyl sites for hydroxylation is 1. The van der Waals surface area contributed by atoms with E-state index < -0.39 is 0 Å². The van der Waals surface area contributed by atoms with E-state index in [0.717, 1.165) is 23.5 Å². The number of benzene rings is 1. The van der Waals surface area contributed by atoms with Crippen molar-refractivity contribution >= 4 is 0 Å². The maximum Gasteiger partial charge on any atom is 0.122 e. The molecule has 0 atom stereocenters. The molecule has 0 spiro atoms. The third kappa shape index (κ3) is 3.80. The quantitative estimate of drug-likeness (QED) is 0.730. The van der Waals surface area contributed by atoms with Crippen molar-refractivity contribution in [1.29, 1.82) is 0 Å². The molecule has 3 nitrogen and oxygen atoms in total. The van der Waals surface area contributed by atoms with E-state index in [4.69, 9.17) is 15.2 Å². The molecule has 0 amide bonds. The van der Waals surface area contributed by atoms with Crippen LogP contribution in [-0.4, -0.2) is 19.8 Å². The zero-order valence-corrected chi connectivity index (χ0v) is 9.45. The standard InChI is InChI=1S/C12H19NO2/c1-3-14-12-6-5-11(9-10(12)2)15-8-4-7-13/h5-6,9H,3-4,7-8,13H2,1-2H3. The Hall–Kier alpha value is -1.22. The van der Waals surface area contributed by atoms with Crippen LogP contribution in [-0.2, 0) is 0 Å². The molecule has 0 aliphatic rings. The number of rotatable bonds is 6. The summed E-state index contributed by atoms with van der Waals surface area (Å²) < 4.78 is 11.0. The van der Waals surface area contributed by atoms with Gasteiger partial charge in [0.15, 0.2) is 0 Å². The predicted octanol–water partition coefficient (Wildman–Crippen LogP) is 2.12. The van der Waals surface area contributed by atoms with Crippen molar-refractivity contribution in [1.82, 2.24) is 0 Å². The summed E-state index contributed by atoms with van der Waals surface area (Å²) in [5.74, 6) is 1.80. The van der Waals surface area contributed by atoms with E-state index in [-0.39, 0.29) is 0 Å². The molecule has 84 valence electrons. The molecule has 0 saturated carbocycles. The Bertz CT molecular complexity index is 300. The third-order valence-corrected chi connectivity index (χ3v) is 2.06. The summed E-state index contributed by atoms with van der Waals surface area (Å²) in [6.07, 6.45) is 0.881. The monoisotopic (exact) mass is 209 g/mol. The Morgan fingerprint density at radius 2 is 2.07 bits per heavy atom. The van der Waals surface area contributed by atoms with E-state index >= 15 is 0 Å². The molecule has 3 heteroatoms. The topological polar surface area (TPSA) is 44.5 Å². The Kier molecular flexibility index (Phi) is 4.98. The number of hydrogen-bond acceptors (Lipinski definition) is 3. The second-order valence-electron chi connectivity index (χ2n) is 3.35. The van der Waals surface area contributed by atoms with Gasteiger partial charge in [0.2, 0.25) is 0 Å². The Labute approximate surface area is 91.2 Å². The molecule has 0 aliphatic carbocycles. The molecule has 15 heavy (non-hydrogen) atoms. The highest BCUT2D eigenvalue weighted by Crippen LogP contribution is 2.23. The van der Waals surface area contributed by atoms with Crippen molar-refractivity contribution in [2.45, 2.75) is 20.3 Å². The first-order valence-corrected chi connectivity index (χ1v) is 5.34. The van der Waals surface area contributed by atoms with Crippen LogP contribution in [0, 0.1) is 6.92 Å². The van der Waals surface area contributed by atoms with Gasteiger partial charge in [-0.25, -0.2) is 0 Å². The van der Waals surface area contributed by atoms with Crippen molar-refractivity contribution < 1.29 is 9.47 Å². The van der Waals surface area contributed by atoms with E-state index in [1.165, 1.54) is 0 Å². The summed E-state index contributed by atoms with van der Waals surface area (Å²) in [7, 11) is 0. The lowest BCUT2D eigenvalue weighted by molar-refractivity contribution is 0.310. The molecule has 1 rings (SSSR count). The molecule has 0 aromatic heterocycles. The van der Waals surface area contributed by atoms with Gasteiger partial charge < -0.3 is 15.2 Å². The molecule has 2 N–H and O–H groups in total. The molecule has 1 aromatic carbocycles. The normalized spacial score (nSPS) is 10.1. The van der Waals surface area contributed by atoms with Gasteiger partial charge in [-0.05, 0) is 50.6 Å². The average molecular weight is 209 g/mol. The zero-order chi connectivity index (χ0) is 11.1. The van der Waals surface area contributed by atoms with Gasteiger partial charge in [-0.3, -0.25) is 0 Å². The first-order chi connectivity index (χ1) is 7.27. The summed E-state index contributed by atoms with van der Waals surface area (Å²) in [6, 6.07) is 5.85. The molecule has 1 aromatic rings. The van der Waals surface area contributed by atoms with Crippen LogP contribution in [0.5, 0.6) is 11.5 Å². The fourth-order valence-corrected chi connectivity index (χ4v) is 1.30. The van der Waals surface area contributed by atoms with E-state index in [0.29, 0.717) is 19.8 Å². The summed E-state index contributed by atoms with van der Waals surface area (Å²) in [6.45, 7) is 6.01. The van der Waals surface area contributed by atoms with Gasteiger partial charge in [0.25, 0.3) is 0 Å². The molecule has 0 saturated heterocycles. The van der Waals surface area contributed by atoms with Crippen molar-refractivity contribution in [3.63, 3.8) is 0 Å². The lowest BCUT2D eigenvalue weighted by Gasteiger charge is -2.10. The maximum absolute atomic E-state index is 5.52. The SMILES string of the molecule is CCOc1ccc(OCCCN)cc1C. The van der Waals surface area contributed by atoms with Gasteiger partial charge in [-0.15, -0.1) is 0 Å². The van der Waals surface area contributed by atoms with Crippen LogP contribution in [0.4, 0.5) is 0 Å². The minimum Gasteiger partial charge on any atom is -0.494 e. The average Bonchev–Trinajstić information content (AvgIpc) is 2.23. The van der Waals surface area contributed by atoms with Crippen molar-refractivity contribution in [2.75, 3.05) is 19.8 Å². The number of nitrogens with two attached hydrogens (primary N) is 1. The lowest BCUT2D eigenvalue weighted by atomic mass is 10.2. The summed E-state index contributed by atoms with van der Waals surface area (Å²) >= 11 is 0. The summed E-state index contributed by atoms with van der Waals surface area (Å²) in [5, 5.41) is 0. The fraction of sp³-hybridized carbons (Fsp3) is 0.500. The van der Waals surface area contributed by atoms with Crippen LogP contribution in [0.3, 0.4) is 0 Å². The Morgan fingerprint density at radius 3 is 2.67 bits per heavy atom. The second kappa shape index (κ2) is 6.30. The predicted molar refractivity (Wildman–Crippen MR) is 61.5 cm³/mol. The highest BCUT2D eigenvalue weighted by Gasteiger charge is 2.00. The zero-order valence-electron chi connectivity index (χ0n) is 9.45. The fourth-order valence-electron chi connectivity index (χ4n) is 1.30. The van der Waals surface area contributed by atoms with Crippen LogP contribution in [0.25, 0.3) is 0 Å². The van der Waals surface area contributed by atoms with Crippen LogP contribution >= 0.6 is 0 Å². The van der Waals surface area contributed by atoms with E-state index in [2.05, 4.69) is 0 Å². The van der Waals surface area contributed by atoms with Crippen LogP contribution in [0.2, 0.25) is 0 Å². The second-order valence-corrected chi connectivity index (χ2v) is 3.35. The smallest absolute Gasteiger partial charge is 0.122 e. The molecular formula is C12H19NO2. The van der Waals surface area contributed by atoms with Crippen molar-refractivity contribution in [3.8, 4) is 11.5 Å². The summed E-state index contributed by atoms with van der Waals surface area (Å²) in [5.41, 5.74) is 6.49. The Balaban J connectivity index is 2.56. The molecule has 0 fully saturated rings. The van der Waals surface area contributed by atoms with Gasteiger partial charge in [-0.1, -0.05) is 0 Å². The lowest BCUT2D eigenvalue weighted by Crippen LogP contribution is -2.06. The first-order valence-electron chi connectivity index (χ1n) is 5.34. The molecular weight excluding hydrogens is 190 g/mol. The summed E-state index contributed by atoms with van der Waals surface area (Å²) in [4.78, 5) is 0. The van der Waals surface area contributed by atoms with Gasteiger partial charge in [-0.2, -0.15) is 0 Å². The van der Waals surface area contributed by atoms with Crippen LogP contribution < -0.4 is 15.2 Å². The van der Waals surface area contributed by atoms with Gasteiger partial charge >= 0.3 is 0 Å². The van der Waals surface area contributed by atoms with Crippen LogP contribution in [0.1, 0.15) is 18.9 Å². The minimum atomic E-state index is 0.663. The van der Waals surface area contributed by atoms with E-state index in [1.807, 2.05) is 32.0 Å². The molecule has 0 radical (unpaired) electrons. The van der Waals surface area contributed by atoms with Gasteiger partial charge in [0.1, 0.15) is 11.5 Å². The maximum atomic E-state index is 5.52. The van der Waals surface area contributed by atoms with Crippen molar-refractivity contribution in [2.24, 2.45) is 5.73 Å². The number of hydrogen-bond donors (Lipinski definition) is 1. The molecule has 0 heterocycles. The Morgan fingerprint density at radius 1 is 1.27 bits per heavy atom.